The molecule has 7 rings (SSSR count). The summed E-state index contributed by atoms with van der Waals surface area (Å²) >= 11 is 0. The lowest BCUT2D eigenvalue weighted by molar-refractivity contribution is 0.300. The number of hydrogen-bond acceptors (Lipinski definition) is 6. The molecule has 1 aliphatic heterocycles. The first-order valence-corrected chi connectivity index (χ1v) is 13.0. The molecule has 0 radical (unpaired) electrons. The van der Waals surface area contributed by atoms with Gasteiger partial charge in [-0.1, -0.05) is 36.4 Å². The number of aromatic nitrogens is 3. The summed E-state index contributed by atoms with van der Waals surface area (Å²) in [4.78, 5) is 23.2. The molecule has 0 aliphatic carbocycles. The van der Waals surface area contributed by atoms with Crippen molar-refractivity contribution in [3.63, 3.8) is 0 Å². The van der Waals surface area contributed by atoms with E-state index >= 15 is 0 Å². The summed E-state index contributed by atoms with van der Waals surface area (Å²) in [6.07, 6.45) is 0. The molecule has 196 valence electrons. The molecule has 0 saturated heterocycles. The van der Waals surface area contributed by atoms with Gasteiger partial charge in [0.25, 0.3) is 5.56 Å². The molecule has 0 atom stereocenters. The number of ether oxygens (including phenoxy) is 3. The molecule has 0 bridgehead atoms. The molecular weight excluding hydrogens is 502 g/mol. The highest BCUT2D eigenvalue weighted by atomic mass is 16.5. The molecule has 6 aromatic rings. The first-order valence-electron chi connectivity index (χ1n) is 13.0. The Kier molecular flexibility index (Phi) is 5.70. The van der Waals surface area contributed by atoms with Gasteiger partial charge in [-0.15, -0.1) is 0 Å². The second kappa shape index (κ2) is 9.54. The van der Waals surface area contributed by atoms with Gasteiger partial charge in [0.15, 0.2) is 5.75 Å². The zero-order valence-corrected chi connectivity index (χ0v) is 22.0. The highest BCUT2D eigenvalue weighted by molar-refractivity contribution is 6.03. The number of para-hydroxylation sites is 2. The number of pyridine rings is 1. The zero-order chi connectivity index (χ0) is 27.2. The average Bonchev–Trinajstić information content (AvgIpc) is 3.00. The minimum Gasteiger partial charge on any atom is -0.497 e. The molecule has 0 amide bonds. The molecule has 40 heavy (non-hydrogen) atoms. The van der Waals surface area contributed by atoms with E-state index in [2.05, 4.69) is 6.07 Å². The van der Waals surface area contributed by atoms with Gasteiger partial charge in [0.05, 0.1) is 43.0 Å². The molecule has 2 aromatic heterocycles. The van der Waals surface area contributed by atoms with Crippen molar-refractivity contribution in [3.05, 3.63) is 113 Å². The number of hydrogen-bond donors (Lipinski definition) is 0. The van der Waals surface area contributed by atoms with Crippen LogP contribution in [0.25, 0.3) is 44.2 Å². The van der Waals surface area contributed by atoms with E-state index in [4.69, 9.17) is 24.2 Å². The first-order chi connectivity index (χ1) is 19.6. The predicted molar refractivity (Wildman–Crippen MR) is 155 cm³/mol. The molecule has 7 nitrogen and oxygen atoms in total. The summed E-state index contributed by atoms with van der Waals surface area (Å²) in [6.45, 7) is 0.518. The summed E-state index contributed by atoms with van der Waals surface area (Å²) in [6, 6.07) is 29.2. The summed E-state index contributed by atoms with van der Waals surface area (Å²) < 4.78 is 19.1. The van der Waals surface area contributed by atoms with Gasteiger partial charge in [-0.05, 0) is 65.2 Å². The molecule has 0 N–H and O–H groups in total. The van der Waals surface area contributed by atoms with E-state index in [0.29, 0.717) is 11.4 Å². The maximum absolute atomic E-state index is 13.5. The van der Waals surface area contributed by atoms with E-state index in [0.717, 1.165) is 61.4 Å². The Morgan fingerprint density at radius 1 is 0.725 bits per heavy atom. The van der Waals surface area contributed by atoms with Crippen LogP contribution in [0.4, 0.5) is 0 Å². The highest BCUT2D eigenvalue weighted by Crippen LogP contribution is 2.43. The van der Waals surface area contributed by atoms with Gasteiger partial charge in [0.2, 0.25) is 0 Å². The number of methoxy groups -OCH3 is 2. The Labute approximate surface area is 230 Å². The van der Waals surface area contributed by atoms with Crippen LogP contribution >= 0.6 is 0 Å². The maximum Gasteiger partial charge on any atom is 0.251 e. The van der Waals surface area contributed by atoms with E-state index in [9.17, 15) is 4.79 Å². The number of nitrogens with zero attached hydrogens (tertiary/aromatic N) is 3. The zero-order valence-electron chi connectivity index (χ0n) is 22.0. The van der Waals surface area contributed by atoms with Crippen molar-refractivity contribution in [2.45, 2.75) is 13.2 Å². The minimum atomic E-state index is -0.132. The standard InChI is InChI=1S/C33H25N3O4/c1-38-22-11-7-20(8-12-22)25-17-26(21-9-13-23(39-2)14-10-21)33-32-24(25)15-16-31(37)36(32)18-29-30(19-40-33)35-28-6-4-3-5-27(28)34-29/h3-17H,18-19H2,1-2H3. The average molecular weight is 528 g/mol. The lowest BCUT2D eigenvalue weighted by Crippen LogP contribution is -2.24. The molecular formula is C33H25N3O4. The summed E-state index contributed by atoms with van der Waals surface area (Å²) in [5, 5.41) is 0.911. The maximum atomic E-state index is 13.5. The van der Waals surface area contributed by atoms with E-state index in [1.807, 2.05) is 78.9 Å². The van der Waals surface area contributed by atoms with Crippen molar-refractivity contribution < 1.29 is 14.2 Å². The Morgan fingerprint density at radius 2 is 1.32 bits per heavy atom. The van der Waals surface area contributed by atoms with Gasteiger partial charge < -0.3 is 14.2 Å². The molecule has 7 heteroatoms. The van der Waals surface area contributed by atoms with E-state index in [1.165, 1.54) is 0 Å². The number of benzene rings is 4. The highest BCUT2D eigenvalue weighted by Gasteiger charge is 2.24. The third kappa shape index (κ3) is 3.94. The van der Waals surface area contributed by atoms with E-state index in [-0.39, 0.29) is 18.7 Å². The lowest BCUT2D eigenvalue weighted by Gasteiger charge is -2.24. The third-order valence-corrected chi connectivity index (χ3v) is 7.41. The minimum absolute atomic E-state index is 0.132. The normalized spacial score (nSPS) is 12.3. The van der Waals surface area contributed by atoms with Crippen molar-refractivity contribution in [1.82, 2.24) is 14.5 Å². The fourth-order valence-electron chi connectivity index (χ4n) is 5.36. The fraction of sp³-hybridized carbons (Fsp3) is 0.121. The van der Waals surface area contributed by atoms with Crippen LogP contribution in [0.15, 0.2) is 95.8 Å². The molecule has 0 unspecified atom stereocenters. The van der Waals surface area contributed by atoms with Crippen LogP contribution < -0.4 is 19.8 Å². The van der Waals surface area contributed by atoms with Crippen molar-refractivity contribution in [2.24, 2.45) is 0 Å². The Balaban J connectivity index is 1.53. The second-order valence-electron chi connectivity index (χ2n) is 9.67. The predicted octanol–water partition coefficient (Wildman–Crippen LogP) is 6.24. The lowest BCUT2D eigenvalue weighted by atomic mass is 9.93. The Hall–Kier alpha value is -5.17. The SMILES string of the molecule is COc1ccc(-c2cc(-c3ccc(OC)cc3)c3ccc(=O)n4c3c2OCc2nc3ccccc3nc2C4)cc1. The van der Waals surface area contributed by atoms with Crippen LogP contribution in [0.2, 0.25) is 0 Å². The summed E-state index contributed by atoms with van der Waals surface area (Å²) in [5.74, 6) is 2.17. The fourth-order valence-corrected chi connectivity index (χ4v) is 5.36. The van der Waals surface area contributed by atoms with E-state index in [1.54, 1.807) is 24.9 Å². The first kappa shape index (κ1) is 23.9. The van der Waals surface area contributed by atoms with Crippen LogP contribution in [0.5, 0.6) is 17.2 Å². The Bertz CT molecular complexity index is 1960. The molecule has 0 saturated carbocycles. The number of rotatable bonds is 4. The van der Waals surface area contributed by atoms with Gasteiger partial charge in [-0.2, -0.15) is 0 Å². The van der Waals surface area contributed by atoms with Crippen molar-refractivity contribution >= 4 is 21.9 Å². The molecule has 3 heterocycles. The Morgan fingerprint density at radius 3 is 1.95 bits per heavy atom. The number of fused-ring (bicyclic) bond motifs is 2. The van der Waals surface area contributed by atoms with E-state index < -0.39 is 0 Å². The molecule has 4 aromatic carbocycles. The topological polar surface area (TPSA) is 75.5 Å². The van der Waals surface area contributed by atoms with Gasteiger partial charge >= 0.3 is 0 Å². The van der Waals surface area contributed by atoms with Crippen LogP contribution in [-0.2, 0) is 13.2 Å². The van der Waals surface area contributed by atoms with Gasteiger partial charge in [-0.3, -0.25) is 9.36 Å². The largest absolute Gasteiger partial charge is 0.497 e. The van der Waals surface area contributed by atoms with Crippen LogP contribution in [0.1, 0.15) is 11.4 Å². The molecule has 0 spiro atoms. The monoisotopic (exact) mass is 527 g/mol. The van der Waals surface area contributed by atoms with Crippen LogP contribution in [-0.4, -0.2) is 28.8 Å². The molecule has 0 fully saturated rings. The smallest absolute Gasteiger partial charge is 0.251 e. The quantitative estimate of drug-likeness (QED) is 0.270. The van der Waals surface area contributed by atoms with Gasteiger partial charge in [0, 0.05) is 17.0 Å². The van der Waals surface area contributed by atoms with Crippen molar-refractivity contribution in [2.75, 3.05) is 14.2 Å². The van der Waals surface area contributed by atoms with Crippen LogP contribution in [0, 0.1) is 0 Å². The second-order valence-corrected chi connectivity index (χ2v) is 9.67. The van der Waals surface area contributed by atoms with Gasteiger partial charge in [-0.25, -0.2) is 9.97 Å². The molecule has 1 aliphatic rings. The third-order valence-electron chi connectivity index (χ3n) is 7.41. The van der Waals surface area contributed by atoms with Crippen LogP contribution in [0.3, 0.4) is 0 Å². The van der Waals surface area contributed by atoms with Crippen molar-refractivity contribution in [3.8, 4) is 39.5 Å². The van der Waals surface area contributed by atoms with Gasteiger partial charge in [0.1, 0.15) is 23.8 Å². The summed E-state index contributed by atoms with van der Waals surface area (Å²) in [7, 11) is 3.30. The summed E-state index contributed by atoms with van der Waals surface area (Å²) in [5.41, 5.74) is 7.41. The van der Waals surface area contributed by atoms with Crippen molar-refractivity contribution in [1.29, 1.82) is 0 Å².